The van der Waals surface area contributed by atoms with Gasteiger partial charge in [-0.2, -0.15) is 0 Å². The molecule has 2 nitrogen and oxygen atoms in total. The van der Waals surface area contributed by atoms with E-state index in [9.17, 15) is 0 Å². The molecule has 0 amide bonds. The average Bonchev–Trinajstić information content (AvgIpc) is 2.10. The Morgan fingerprint density at radius 1 is 1.27 bits per heavy atom. The van der Waals surface area contributed by atoms with E-state index in [-0.39, 0.29) is 0 Å². The first kappa shape index (κ1) is 13.0. The molecule has 1 fully saturated rings. The summed E-state index contributed by atoms with van der Waals surface area (Å²) in [6.07, 6.45) is 7.42. The highest BCUT2D eigenvalue weighted by atomic mass is 16.5. The Bertz CT molecular complexity index is 155. The van der Waals surface area contributed by atoms with Crippen LogP contribution in [0.4, 0.5) is 0 Å². The predicted molar refractivity (Wildman–Crippen MR) is 65.1 cm³/mol. The molecule has 0 spiro atoms. The molecule has 1 aliphatic carbocycles. The fourth-order valence-corrected chi connectivity index (χ4v) is 1.81. The van der Waals surface area contributed by atoms with E-state index in [0.717, 1.165) is 19.0 Å². The molecule has 0 aromatic heterocycles. The van der Waals surface area contributed by atoms with Crippen molar-refractivity contribution in [2.45, 2.75) is 65.1 Å². The number of hydrogen-bond acceptors (Lipinski definition) is 2. The fourth-order valence-electron chi connectivity index (χ4n) is 1.81. The Labute approximate surface area is 94.8 Å². The van der Waals surface area contributed by atoms with Crippen molar-refractivity contribution in [2.75, 3.05) is 13.1 Å². The van der Waals surface area contributed by atoms with Crippen LogP contribution < -0.4 is 5.32 Å². The second-order valence-corrected chi connectivity index (χ2v) is 5.24. The first-order valence-corrected chi connectivity index (χ1v) is 6.54. The summed E-state index contributed by atoms with van der Waals surface area (Å²) < 4.78 is 5.89. The van der Waals surface area contributed by atoms with Crippen LogP contribution in [0.5, 0.6) is 0 Å². The smallest absolute Gasteiger partial charge is 0.0578 e. The maximum absolute atomic E-state index is 5.89. The molecule has 1 aliphatic rings. The van der Waals surface area contributed by atoms with Gasteiger partial charge in [0.15, 0.2) is 0 Å². The first-order chi connectivity index (χ1) is 7.18. The molecule has 0 aliphatic heterocycles. The van der Waals surface area contributed by atoms with Crippen LogP contribution in [0.2, 0.25) is 0 Å². The van der Waals surface area contributed by atoms with Gasteiger partial charge < -0.3 is 10.1 Å². The lowest BCUT2D eigenvalue weighted by atomic mass is 9.96. The molecule has 0 saturated heterocycles. The molecule has 1 unspecified atom stereocenters. The van der Waals surface area contributed by atoms with Crippen molar-refractivity contribution in [3.8, 4) is 0 Å². The van der Waals surface area contributed by atoms with Crippen LogP contribution >= 0.6 is 0 Å². The molecule has 1 atom stereocenters. The van der Waals surface area contributed by atoms with E-state index >= 15 is 0 Å². The highest BCUT2D eigenvalue weighted by Gasteiger charge is 2.19. The minimum Gasteiger partial charge on any atom is -0.375 e. The number of rotatable bonds is 8. The summed E-state index contributed by atoms with van der Waals surface area (Å²) in [5.74, 6) is 0.758. The Hall–Kier alpha value is -0.0800. The van der Waals surface area contributed by atoms with Gasteiger partial charge in [-0.1, -0.05) is 13.8 Å². The Balaban J connectivity index is 1.85. The minimum atomic E-state index is 0.455. The third-order valence-electron chi connectivity index (χ3n) is 2.99. The van der Waals surface area contributed by atoms with Crippen molar-refractivity contribution < 1.29 is 4.74 Å². The summed E-state index contributed by atoms with van der Waals surface area (Å²) in [7, 11) is 0. The van der Waals surface area contributed by atoms with Crippen LogP contribution in [-0.4, -0.2) is 25.3 Å². The van der Waals surface area contributed by atoms with Crippen LogP contribution in [-0.2, 0) is 4.74 Å². The first-order valence-electron chi connectivity index (χ1n) is 6.54. The molecule has 0 aromatic rings. The topological polar surface area (TPSA) is 21.3 Å². The monoisotopic (exact) mass is 213 g/mol. The van der Waals surface area contributed by atoms with E-state index in [2.05, 4.69) is 26.1 Å². The number of nitrogens with one attached hydrogen (secondary N) is 1. The number of hydrogen-bond donors (Lipinski definition) is 1. The molecular weight excluding hydrogens is 186 g/mol. The highest BCUT2D eigenvalue weighted by Crippen LogP contribution is 2.24. The van der Waals surface area contributed by atoms with Gasteiger partial charge in [0.05, 0.1) is 12.2 Å². The van der Waals surface area contributed by atoms with E-state index in [0.29, 0.717) is 12.2 Å². The van der Waals surface area contributed by atoms with Crippen LogP contribution in [0, 0.1) is 5.92 Å². The summed E-state index contributed by atoms with van der Waals surface area (Å²) >= 11 is 0. The molecule has 1 N–H and O–H groups in total. The minimum absolute atomic E-state index is 0.455. The van der Waals surface area contributed by atoms with E-state index < -0.39 is 0 Å². The fraction of sp³-hybridized carbons (Fsp3) is 1.00. The van der Waals surface area contributed by atoms with Crippen molar-refractivity contribution in [3.05, 3.63) is 0 Å². The molecular formula is C13H27NO. The summed E-state index contributed by atoms with van der Waals surface area (Å²) in [5, 5.41) is 3.47. The molecule has 15 heavy (non-hydrogen) atoms. The van der Waals surface area contributed by atoms with Crippen LogP contribution in [0.25, 0.3) is 0 Å². The largest absolute Gasteiger partial charge is 0.375 e. The van der Waals surface area contributed by atoms with Gasteiger partial charge in [-0.3, -0.25) is 0 Å². The SMILES string of the molecule is CC(C)CNCCCC(C)OC1CCC1. The lowest BCUT2D eigenvalue weighted by Gasteiger charge is -2.29. The Morgan fingerprint density at radius 3 is 2.53 bits per heavy atom. The van der Waals surface area contributed by atoms with E-state index in [4.69, 9.17) is 4.74 Å². The van der Waals surface area contributed by atoms with Gasteiger partial charge in [0.25, 0.3) is 0 Å². The van der Waals surface area contributed by atoms with Crippen molar-refractivity contribution in [3.63, 3.8) is 0 Å². The third-order valence-corrected chi connectivity index (χ3v) is 2.99. The zero-order valence-corrected chi connectivity index (χ0v) is 10.6. The van der Waals surface area contributed by atoms with Crippen molar-refractivity contribution in [1.29, 1.82) is 0 Å². The molecule has 90 valence electrons. The quantitative estimate of drug-likeness (QED) is 0.626. The van der Waals surface area contributed by atoms with E-state index in [1.54, 1.807) is 0 Å². The normalized spacial score (nSPS) is 19.2. The van der Waals surface area contributed by atoms with Crippen LogP contribution in [0.1, 0.15) is 52.9 Å². The summed E-state index contributed by atoms with van der Waals surface area (Å²) in [6.45, 7) is 8.97. The summed E-state index contributed by atoms with van der Waals surface area (Å²) in [5.41, 5.74) is 0. The van der Waals surface area contributed by atoms with Crippen molar-refractivity contribution >= 4 is 0 Å². The maximum Gasteiger partial charge on any atom is 0.0578 e. The maximum atomic E-state index is 5.89. The van der Waals surface area contributed by atoms with Gasteiger partial charge in [0, 0.05) is 0 Å². The average molecular weight is 213 g/mol. The second kappa shape index (κ2) is 7.24. The Morgan fingerprint density at radius 2 is 2.00 bits per heavy atom. The second-order valence-electron chi connectivity index (χ2n) is 5.24. The van der Waals surface area contributed by atoms with Crippen molar-refractivity contribution in [2.24, 2.45) is 5.92 Å². The summed E-state index contributed by atoms with van der Waals surface area (Å²) in [6, 6.07) is 0. The third kappa shape index (κ3) is 6.16. The van der Waals surface area contributed by atoms with Gasteiger partial charge in [0.2, 0.25) is 0 Å². The van der Waals surface area contributed by atoms with E-state index in [1.807, 2.05) is 0 Å². The zero-order valence-electron chi connectivity index (χ0n) is 10.6. The predicted octanol–water partition coefficient (Wildman–Crippen LogP) is 2.97. The molecule has 0 radical (unpaired) electrons. The standard InChI is InChI=1S/C13H27NO/c1-11(2)10-14-9-5-6-12(3)15-13-7-4-8-13/h11-14H,4-10H2,1-3H3. The van der Waals surface area contributed by atoms with Crippen molar-refractivity contribution in [1.82, 2.24) is 5.32 Å². The molecule has 0 heterocycles. The highest BCUT2D eigenvalue weighted by molar-refractivity contribution is 4.70. The molecule has 0 aromatic carbocycles. The molecule has 0 bridgehead atoms. The van der Waals surface area contributed by atoms with Gasteiger partial charge in [-0.25, -0.2) is 0 Å². The lowest BCUT2D eigenvalue weighted by molar-refractivity contribution is -0.0464. The van der Waals surface area contributed by atoms with Gasteiger partial charge in [0.1, 0.15) is 0 Å². The van der Waals surface area contributed by atoms with Gasteiger partial charge in [-0.15, -0.1) is 0 Å². The van der Waals surface area contributed by atoms with Crippen LogP contribution in [0.3, 0.4) is 0 Å². The molecule has 1 saturated carbocycles. The van der Waals surface area contributed by atoms with Crippen LogP contribution in [0.15, 0.2) is 0 Å². The van der Waals surface area contributed by atoms with Gasteiger partial charge >= 0.3 is 0 Å². The molecule has 2 heteroatoms. The molecule has 1 rings (SSSR count). The summed E-state index contributed by atoms with van der Waals surface area (Å²) in [4.78, 5) is 0. The Kier molecular flexibility index (Phi) is 6.26. The zero-order chi connectivity index (χ0) is 11.1. The lowest BCUT2D eigenvalue weighted by Crippen LogP contribution is -2.27. The van der Waals surface area contributed by atoms with Gasteiger partial charge in [-0.05, 0) is 58.0 Å². The van der Waals surface area contributed by atoms with E-state index in [1.165, 1.54) is 32.1 Å². The number of ether oxygens (including phenoxy) is 1.